The van der Waals surface area contributed by atoms with Crippen LogP contribution in [0.4, 0.5) is 0 Å². The first kappa shape index (κ1) is 9.27. The van der Waals surface area contributed by atoms with E-state index in [2.05, 4.69) is 19.1 Å². The van der Waals surface area contributed by atoms with Gasteiger partial charge in [0, 0.05) is 6.04 Å². The van der Waals surface area contributed by atoms with E-state index in [0.29, 0.717) is 0 Å². The molecule has 0 spiro atoms. The summed E-state index contributed by atoms with van der Waals surface area (Å²) in [6.45, 7) is 3.80. The van der Waals surface area contributed by atoms with Gasteiger partial charge in [-0.1, -0.05) is 50.1 Å². The fourth-order valence-corrected chi connectivity index (χ4v) is 1.23. The molecule has 0 aliphatic rings. The van der Waals surface area contributed by atoms with Crippen molar-refractivity contribution in [2.45, 2.75) is 25.3 Å². The number of hydrogen-bond acceptors (Lipinski definition) is 1. The predicted molar refractivity (Wildman–Crippen MR) is 52.6 cm³/mol. The topological polar surface area (TPSA) is 26.0 Å². The third kappa shape index (κ3) is 2.67. The summed E-state index contributed by atoms with van der Waals surface area (Å²) in [5.41, 5.74) is 7.18. The summed E-state index contributed by atoms with van der Waals surface area (Å²) in [6.07, 6.45) is 3.12. The fraction of sp³-hybridized carbons (Fsp3) is 0.364. The molecule has 0 amide bonds. The summed E-state index contributed by atoms with van der Waals surface area (Å²) in [5, 5.41) is 0. The molecule has 0 aromatic heterocycles. The van der Waals surface area contributed by atoms with Crippen LogP contribution in [0.25, 0.3) is 0 Å². The van der Waals surface area contributed by atoms with Crippen molar-refractivity contribution in [2.24, 2.45) is 5.73 Å². The molecular formula is C11H16N. The van der Waals surface area contributed by atoms with E-state index in [1.807, 2.05) is 18.2 Å². The van der Waals surface area contributed by atoms with Crippen molar-refractivity contribution in [3.8, 4) is 0 Å². The molecule has 1 atom stereocenters. The molecule has 1 nitrogen and oxygen atoms in total. The van der Waals surface area contributed by atoms with Gasteiger partial charge in [-0.3, -0.25) is 0 Å². The maximum absolute atomic E-state index is 5.95. The molecule has 0 fully saturated rings. The molecule has 0 aliphatic carbocycles. The lowest BCUT2D eigenvalue weighted by Gasteiger charge is -2.10. The van der Waals surface area contributed by atoms with Gasteiger partial charge < -0.3 is 5.73 Å². The molecule has 1 unspecified atom stereocenters. The number of unbranched alkanes of at least 4 members (excludes halogenated alkanes) is 1. The number of nitrogens with two attached hydrogens (primary N) is 1. The van der Waals surface area contributed by atoms with Crippen LogP contribution < -0.4 is 5.73 Å². The van der Waals surface area contributed by atoms with E-state index in [-0.39, 0.29) is 6.04 Å². The first-order valence-electron chi connectivity index (χ1n) is 4.44. The van der Waals surface area contributed by atoms with Crippen molar-refractivity contribution in [1.82, 2.24) is 0 Å². The monoisotopic (exact) mass is 162 g/mol. The van der Waals surface area contributed by atoms with Crippen LogP contribution in [0.5, 0.6) is 0 Å². The van der Waals surface area contributed by atoms with E-state index < -0.39 is 0 Å². The van der Waals surface area contributed by atoms with E-state index in [1.54, 1.807) is 0 Å². The van der Waals surface area contributed by atoms with E-state index in [1.165, 1.54) is 5.56 Å². The summed E-state index contributed by atoms with van der Waals surface area (Å²) in [6, 6.07) is 10.4. The Balaban J connectivity index is 2.48. The van der Waals surface area contributed by atoms with Crippen molar-refractivity contribution in [2.75, 3.05) is 0 Å². The van der Waals surface area contributed by atoms with Crippen molar-refractivity contribution in [1.29, 1.82) is 0 Å². The SMILES string of the molecule is [CH2]CCCC(N)c1ccccc1. The molecule has 1 aromatic carbocycles. The normalized spacial score (nSPS) is 12.8. The highest BCUT2D eigenvalue weighted by Gasteiger charge is 2.02. The van der Waals surface area contributed by atoms with Gasteiger partial charge in [-0.2, -0.15) is 0 Å². The van der Waals surface area contributed by atoms with Gasteiger partial charge in [0.05, 0.1) is 0 Å². The molecule has 0 saturated heterocycles. The van der Waals surface area contributed by atoms with Crippen LogP contribution in [0, 0.1) is 6.92 Å². The average molecular weight is 162 g/mol. The van der Waals surface area contributed by atoms with E-state index in [0.717, 1.165) is 19.3 Å². The Hall–Kier alpha value is -0.820. The first-order valence-corrected chi connectivity index (χ1v) is 4.44. The molecule has 12 heavy (non-hydrogen) atoms. The largest absolute Gasteiger partial charge is 0.324 e. The van der Waals surface area contributed by atoms with Crippen molar-refractivity contribution in [3.63, 3.8) is 0 Å². The number of benzene rings is 1. The van der Waals surface area contributed by atoms with E-state index in [9.17, 15) is 0 Å². The molecule has 2 N–H and O–H groups in total. The summed E-state index contributed by atoms with van der Waals surface area (Å²) in [4.78, 5) is 0. The number of hydrogen-bond donors (Lipinski definition) is 1. The summed E-state index contributed by atoms with van der Waals surface area (Å²) in [5.74, 6) is 0. The minimum atomic E-state index is 0.188. The Kier molecular flexibility index (Phi) is 3.81. The minimum Gasteiger partial charge on any atom is -0.324 e. The highest BCUT2D eigenvalue weighted by Crippen LogP contribution is 2.15. The molecule has 1 heteroatoms. The molecule has 0 heterocycles. The zero-order valence-electron chi connectivity index (χ0n) is 7.37. The van der Waals surface area contributed by atoms with Gasteiger partial charge >= 0.3 is 0 Å². The Morgan fingerprint density at radius 3 is 2.50 bits per heavy atom. The summed E-state index contributed by atoms with van der Waals surface area (Å²) >= 11 is 0. The minimum absolute atomic E-state index is 0.188. The van der Waals surface area contributed by atoms with Gasteiger partial charge in [0.2, 0.25) is 0 Å². The number of rotatable bonds is 4. The van der Waals surface area contributed by atoms with Crippen LogP contribution in [-0.4, -0.2) is 0 Å². The predicted octanol–water partition coefficient (Wildman–Crippen LogP) is 2.69. The standard InChI is InChI=1S/C11H16N/c1-2-3-9-11(12)10-7-5-4-6-8-10/h4-8,11H,1-3,9,12H2. The Bertz CT molecular complexity index is 206. The smallest absolute Gasteiger partial charge is 0.0294 e. The molecule has 0 bridgehead atoms. The quantitative estimate of drug-likeness (QED) is 0.723. The zero-order valence-corrected chi connectivity index (χ0v) is 7.37. The Labute approximate surface area is 74.6 Å². The van der Waals surface area contributed by atoms with Crippen molar-refractivity contribution >= 4 is 0 Å². The Morgan fingerprint density at radius 1 is 1.25 bits per heavy atom. The van der Waals surface area contributed by atoms with Gasteiger partial charge in [0.1, 0.15) is 0 Å². The lowest BCUT2D eigenvalue weighted by atomic mass is 10.0. The fourth-order valence-electron chi connectivity index (χ4n) is 1.23. The molecule has 0 aliphatic heterocycles. The molecule has 1 aromatic rings. The third-order valence-electron chi connectivity index (χ3n) is 1.99. The molecule has 1 rings (SSSR count). The van der Waals surface area contributed by atoms with Gasteiger partial charge in [-0.05, 0) is 12.0 Å². The van der Waals surface area contributed by atoms with Crippen LogP contribution in [0.15, 0.2) is 30.3 Å². The maximum atomic E-state index is 5.95. The maximum Gasteiger partial charge on any atom is 0.0294 e. The molecule has 1 radical (unpaired) electrons. The second kappa shape index (κ2) is 4.94. The molecule has 0 saturated carbocycles. The highest BCUT2D eigenvalue weighted by molar-refractivity contribution is 5.18. The van der Waals surface area contributed by atoms with Crippen LogP contribution >= 0.6 is 0 Å². The van der Waals surface area contributed by atoms with Crippen LogP contribution in [0.1, 0.15) is 30.9 Å². The van der Waals surface area contributed by atoms with Crippen molar-refractivity contribution < 1.29 is 0 Å². The van der Waals surface area contributed by atoms with Crippen LogP contribution in [0.3, 0.4) is 0 Å². The van der Waals surface area contributed by atoms with Crippen molar-refractivity contribution in [3.05, 3.63) is 42.8 Å². The van der Waals surface area contributed by atoms with Gasteiger partial charge in [-0.15, -0.1) is 0 Å². The van der Waals surface area contributed by atoms with Crippen LogP contribution in [-0.2, 0) is 0 Å². The van der Waals surface area contributed by atoms with Gasteiger partial charge in [0.15, 0.2) is 0 Å². The first-order chi connectivity index (χ1) is 5.84. The zero-order chi connectivity index (χ0) is 8.81. The summed E-state index contributed by atoms with van der Waals surface area (Å²) < 4.78 is 0. The van der Waals surface area contributed by atoms with E-state index >= 15 is 0 Å². The second-order valence-corrected chi connectivity index (χ2v) is 3.01. The third-order valence-corrected chi connectivity index (χ3v) is 1.99. The summed E-state index contributed by atoms with van der Waals surface area (Å²) in [7, 11) is 0. The lowest BCUT2D eigenvalue weighted by molar-refractivity contribution is 0.616. The Morgan fingerprint density at radius 2 is 1.92 bits per heavy atom. The average Bonchev–Trinajstić information content (AvgIpc) is 2.15. The second-order valence-electron chi connectivity index (χ2n) is 3.01. The van der Waals surface area contributed by atoms with E-state index in [4.69, 9.17) is 5.73 Å². The van der Waals surface area contributed by atoms with Gasteiger partial charge in [0.25, 0.3) is 0 Å². The van der Waals surface area contributed by atoms with Crippen LogP contribution in [0.2, 0.25) is 0 Å². The lowest BCUT2D eigenvalue weighted by Crippen LogP contribution is -2.09. The molecule has 65 valence electrons. The highest BCUT2D eigenvalue weighted by atomic mass is 14.6. The molecular weight excluding hydrogens is 146 g/mol. The van der Waals surface area contributed by atoms with Gasteiger partial charge in [-0.25, -0.2) is 0 Å².